The molecule has 6 atom stereocenters. The smallest absolute Gasteiger partial charge is 0.0699 e. The molecular formula is C19H34N2O. The second-order valence-electron chi connectivity index (χ2n) is 9.92. The predicted molar refractivity (Wildman–Crippen MR) is 89.6 cm³/mol. The van der Waals surface area contributed by atoms with Crippen LogP contribution in [0.4, 0.5) is 0 Å². The molecule has 3 saturated carbocycles. The molecule has 4 aliphatic rings. The van der Waals surface area contributed by atoms with Gasteiger partial charge in [-0.05, 0) is 55.9 Å². The van der Waals surface area contributed by atoms with Gasteiger partial charge in [0, 0.05) is 30.1 Å². The van der Waals surface area contributed by atoms with Gasteiger partial charge in [-0.25, -0.2) is 0 Å². The highest BCUT2D eigenvalue weighted by molar-refractivity contribution is 5.15. The molecule has 1 heterocycles. The van der Waals surface area contributed by atoms with E-state index in [-0.39, 0.29) is 6.10 Å². The first kappa shape index (κ1) is 15.4. The summed E-state index contributed by atoms with van der Waals surface area (Å²) in [7, 11) is 2.25. The lowest BCUT2D eigenvalue weighted by atomic mass is 9.66. The normalized spacial score (nSPS) is 53.0. The quantitative estimate of drug-likeness (QED) is 0.841. The summed E-state index contributed by atoms with van der Waals surface area (Å²) >= 11 is 0. The van der Waals surface area contributed by atoms with Gasteiger partial charge in [0.15, 0.2) is 0 Å². The van der Waals surface area contributed by atoms with Crippen molar-refractivity contribution < 1.29 is 5.11 Å². The summed E-state index contributed by atoms with van der Waals surface area (Å²) in [5.41, 5.74) is 0.980. The van der Waals surface area contributed by atoms with Gasteiger partial charge < -0.3 is 15.3 Å². The van der Waals surface area contributed by atoms with Crippen LogP contribution >= 0.6 is 0 Å². The van der Waals surface area contributed by atoms with E-state index in [4.69, 9.17) is 0 Å². The number of aliphatic hydroxyl groups excluding tert-OH is 1. The molecular weight excluding hydrogens is 272 g/mol. The summed E-state index contributed by atoms with van der Waals surface area (Å²) < 4.78 is 0. The first-order chi connectivity index (χ1) is 10.2. The minimum atomic E-state index is -0.139. The fourth-order valence-corrected chi connectivity index (χ4v) is 6.96. The molecule has 3 nitrogen and oxygen atoms in total. The van der Waals surface area contributed by atoms with Gasteiger partial charge in [0.1, 0.15) is 0 Å². The first-order valence-electron chi connectivity index (χ1n) is 9.39. The average Bonchev–Trinajstić information content (AvgIpc) is 2.76. The average molecular weight is 306 g/mol. The van der Waals surface area contributed by atoms with Crippen molar-refractivity contribution in [3.63, 3.8) is 0 Å². The number of nitrogens with one attached hydrogen (secondary N) is 1. The fraction of sp³-hybridized carbons (Fsp3) is 1.00. The van der Waals surface area contributed by atoms with E-state index in [0.29, 0.717) is 34.9 Å². The minimum Gasteiger partial charge on any atom is -0.391 e. The third kappa shape index (κ3) is 2.04. The molecule has 0 aromatic heterocycles. The maximum absolute atomic E-state index is 10.6. The van der Waals surface area contributed by atoms with Crippen LogP contribution in [0.25, 0.3) is 0 Å². The lowest BCUT2D eigenvalue weighted by Crippen LogP contribution is -2.64. The van der Waals surface area contributed by atoms with Crippen LogP contribution in [0.1, 0.15) is 53.4 Å². The Morgan fingerprint density at radius 3 is 2.32 bits per heavy atom. The van der Waals surface area contributed by atoms with E-state index in [9.17, 15) is 5.11 Å². The second kappa shape index (κ2) is 4.70. The standard InChI is InChI=1S/C19H34N2O/c1-11(2)17-19(10-21(17)5)8-15(16(22)9-19)20-12-6-13-14(7-12)18(13,3)4/h11-17,20,22H,6-10H2,1-5H3/t12?,13?,14?,15-,16-,17?,19?/m1/s1. The largest absolute Gasteiger partial charge is 0.391 e. The van der Waals surface area contributed by atoms with Crippen LogP contribution in [0.3, 0.4) is 0 Å². The van der Waals surface area contributed by atoms with Crippen molar-refractivity contribution in [1.82, 2.24) is 10.2 Å². The second-order valence-corrected chi connectivity index (χ2v) is 9.92. The fourth-order valence-electron chi connectivity index (χ4n) is 6.96. The molecule has 22 heavy (non-hydrogen) atoms. The molecule has 0 radical (unpaired) electrons. The molecule has 4 rings (SSSR count). The molecule has 0 aromatic carbocycles. The summed E-state index contributed by atoms with van der Waals surface area (Å²) in [5.74, 6) is 2.57. The zero-order valence-corrected chi connectivity index (χ0v) is 15.0. The molecule has 4 fully saturated rings. The van der Waals surface area contributed by atoms with Gasteiger partial charge >= 0.3 is 0 Å². The first-order valence-corrected chi connectivity index (χ1v) is 9.39. The third-order valence-electron chi connectivity index (χ3n) is 7.82. The van der Waals surface area contributed by atoms with Crippen LogP contribution in [0, 0.1) is 28.6 Å². The van der Waals surface area contributed by atoms with Crippen molar-refractivity contribution in [2.75, 3.05) is 13.6 Å². The highest BCUT2D eigenvalue weighted by atomic mass is 16.3. The van der Waals surface area contributed by atoms with E-state index in [1.165, 1.54) is 25.8 Å². The number of hydrogen-bond acceptors (Lipinski definition) is 3. The molecule has 0 amide bonds. The molecule has 1 aliphatic heterocycles. The molecule has 0 aromatic rings. The van der Waals surface area contributed by atoms with Crippen molar-refractivity contribution in [3.8, 4) is 0 Å². The van der Waals surface area contributed by atoms with Crippen molar-refractivity contribution in [2.45, 2.75) is 77.6 Å². The highest BCUT2D eigenvalue weighted by Crippen LogP contribution is 2.66. The van der Waals surface area contributed by atoms with E-state index in [2.05, 4.69) is 45.0 Å². The Balaban J connectivity index is 1.37. The van der Waals surface area contributed by atoms with Gasteiger partial charge in [-0.2, -0.15) is 0 Å². The lowest BCUT2D eigenvalue weighted by Gasteiger charge is -2.57. The predicted octanol–water partition coefficient (Wildman–Crippen LogP) is 2.49. The van der Waals surface area contributed by atoms with Gasteiger partial charge in [0.25, 0.3) is 0 Å². The molecule has 4 unspecified atom stereocenters. The van der Waals surface area contributed by atoms with Crippen molar-refractivity contribution in [1.29, 1.82) is 0 Å². The SMILES string of the molecule is CC(C)C1N(C)CC12C[C@@H](O)[C@H](NC1CC3C(C1)C3(C)C)C2. The maximum Gasteiger partial charge on any atom is 0.0699 e. The van der Waals surface area contributed by atoms with Gasteiger partial charge in [0.2, 0.25) is 0 Å². The summed E-state index contributed by atoms with van der Waals surface area (Å²) in [6.07, 6.45) is 4.71. The third-order valence-corrected chi connectivity index (χ3v) is 7.82. The molecule has 3 heteroatoms. The molecule has 3 aliphatic carbocycles. The van der Waals surface area contributed by atoms with Gasteiger partial charge in [-0.1, -0.05) is 27.7 Å². The molecule has 2 N–H and O–H groups in total. The van der Waals surface area contributed by atoms with Crippen LogP contribution in [-0.2, 0) is 0 Å². The lowest BCUT2D eigenvalue weighted by molar-refractivity contribution is -0.0828. The molecule has 126 valence electrons. The van der Waals surface area contributed by atoms with E-state index < -0.39 is 0 Å². The van der Waals surface area contributed by atoms with Gasteiger partial charge in [0.05, 0.1) is 6.10 Å². The van der Waals surface area contributed by atoms with E-state index in [1.54, 1.807) is 0 Å². The zero-order valence-electron chi connectivity index (χ0n) is 15.0. The Kier molecular flexibility index (Phi) is 3.30. The number of aliphatic hydroxyl groups is 1. The number of hydrogen-bond donors (Lipinski definition) is 2. The van der Waals surface area contributed by atoms with Crippen LogP contribution < -0.4 is 5.32 Å². The van der Waals surface area contributed by atoms with Crippen LogP contribution in [0.2, 0.25) is 0 Å². The van der Waals surface area contributed by atoms with E-state index in [1.807, 2.05) is 0 Å². The Morgan fingerprint density at radius 2 is 1.77 bits per heavy atom. The summed E-state index contributed by atoms with van der Waals surface area (Å²) in [5, 5.41) is 14.5. The summed E-state index contributed by atoms with van der Waals surface area (Å²) in [4.78, 5) is 2.49. The van der Waals surface area contributed by atoms with Crippen molar-refractivity contribution in [3.05, 3.63) is 0 Å². The topological polar surface area (TPSA) is 35.5 Å². The molecule has 1 spiro atoms. The van der Waals surface area contributed by atoms with Crippen molar-refractivity contribution in [2.24, 2.45) is 28.6 Å². The van der Waals surface area contributed by atoms with E-state index >= 15 is 0 Å². The molecule has 0 bridgehead atoms. The zero-order chi connectivity index (χ0) is 15.9. The van der Waals surface area contributed by atoms with Crippen LogP contribution in [0.15, 0.2) is 0 Å². The Morgan fingerprint density at radius 1 is 1.14 bits per heavy atom. The van der Waals surface area contributed by atoms with Gasteiger partial charge in [-0.3, -0.25) is 0 Å². The summed E-state index contributed by atoms with van der Waals surface area (Å²) in [6, 6.07) is 1.65. The highest BCUT2D eigenvalue weighted by Gasteiger charge is 2.63. The van der Waals surface area contributed by atoms with Gasteiger partial charge in [-0.15, -0.1) is 0 Å². The number of likely N-dealkylation sites (tertiary alicyclic amines) is 1. The van der Waals surface area contributed by atoms with Crippen LogP contribution in [-0.4, -0.2) is 47.8 Å². The maximum atomic E-state index is 10.6. The Labute approximate surface area is 135 Å². The monoisotopic (exact) mass is 306 g/mol. The van der Waals surface area contributed by atoms with Crippen molar-refractivity contribution >= 4 is 0 Å². The number of rotatable bonds is 3. The number of fused-ring (bicyclic) bond motifs is 1. The minimum absolute atomic E-state index is 0.139. The Bertz CT molecular complexity index is 444. The Hall–Kier alpha value is -0.120. The molecule has 1 saturated heterocycles. The number of nitrogens with zero attached hydrogens (tertiary/aromatic N) is 1. The summed E-state index contributed by atoms with van der Waals surface area (Å²) in [6.45, 7) is 10.7. The van der Waals surface area contributed by atoms with E-state index in [0.717, 1.165) is 18.3 Å². The van der Waals surface area contributed by atoms with Crippen LogP contribution in [0.5, 0.6) is 0 Å².